The van der Waals surface area contributed by atoms with Crippen LogP contribution < -0.4 is 11.1 Å². The first kappa shape index (κ1) is 17.8. The second-order valence-electron chi connectivity index (χ2n) is 6.37. The predicted molar refractivity (Wildman–Crippen MR) is 110 cm³/mol. The molecule has 0 amide bonds. The summed E-state index contributed by atoms with van der Waals surface area (Å²) in [5.74, 6) is 1.67. The van der Waals surface area contributed by atoms with Crippen molar-refractivity contribution >= 4 is 28.2 Å². The Morgan fingerprint density at radius 1 is 1.07 bits per heavy atom. The molecule has 0 aliphatic rings. The molecule has 7 heteroatoms. The lowest BCUT2D eigenvalue weighted by molar-refractivity contribution is 0.277. The van der Waals surface area contributed by atoms with Crippen molar-refractivity contribution in [2.45, 2.75) is 20.0 Å². The summed E-state index contributed by atoms with van der Waals surface area (Å²) in [7, 11) is 0. The number of fused-ring (bicyclic) bond motifs is 1. The number of nitrogens with zero attached hydrogens (tertiary/aromatic N) is 4. The number of nitrogens with two attached hydrogens (primary N) is 1. The Bertz CT molecular complexity index is 1140. The number of hydrogen-bond acceptors (Lipinski definition) is 7. The van der Waals surface area contributed by atoms with Crippen LogP contribution in [-0.4, -0.2) is 25.0 Å². The molecule has 4 N–H and O–H groups in total. The van der Waals surface area contributed by atoms with Crippen LogP contribution in [0.2, 0.25) is 0 Å². The quantitative estimate of drug-likeness (QED) is 0.492. The molecule has 0 fully saturated rings. The molecule has 0 unspecified atom stereocenters. The van der Waals surface area contributed by atoms with Crippen LogP contribution in [0.15, 0.2) is 55.0 Å². The zero-order valence-corrected chi connectivity index (χ0v) is 15.4. The minimum absolute atomic E-state index is 0.114. The zero-order chi connectivity index (χ0) is 19.5. The molecule has 4 rings (SSSR count). The maximum absolute atomic E-state index is 9.25. The van der Waals surface area contributed by atoms with E-state index in [0.29, 0.717) is 23.1 Å². The molecule has 7 nitrogen and oxygen atoms in total. The Balaban J connectivity index is 1.76. The number of aliphatic hydroxyl groups is 1. The van der Waals surface area contributed by atoms with Crippen LogP contribution >= 0.6 is 0 Å². The molecule has 4 aromatic heterocycles. The Kier molecular flexibility index (Phi) is 4.82. The number of nitrogens with one attached hydrogen (secondary N) is 1. The molecular weight excluding hydrogens is 352 g/mol. The van der Waals surface area contributed by atoms with Gasteiger partial charge in [-0.1, -0.05) is 13.0 Å². The molecule has 0 aliphatic carbocycles. The fraction of sp³-hybridized carbons (Fsp3) is 0.143. The van der Waals surface area contributed by atoms with E-state index in [-0.39, 0.29) is 6.61 Å². The summed E-state index contributed by atoms with van der Waals surface area (Å²) in [6, 6.07) is 11.3. The van der Waals surface area contributed by atoms with E-state index < -0.39 is 0 Å². The second-order valence-corrected chi connectivity index (χ2v) is 6.37. The van der Waals surface area contributed by atoms with Gasteiger partial charge in [0.1, 0.15) is 17.5 Å². The lowest BCUT2D eigenvalue weighted by Crippen LogP contribution is -2.00. The van der Waals surface area contributed by atoms with Crippen molar-refractivity contribution in [2.24, 2.45) is 0 Å². The molecule has 0 spiro atoms. The summed E-state index contributed by atoms with van der Waals surface area (Å²) in [6.07, 6.45) is 6.18. The molecule has 28 heavy (non-hydrogen) atoms. The largest absolute Gasteiger partial charge is 0.390 e. The molecule has 140 valence electrons. The van der Waals surface area contributed by atoms with Gasteiger partial charge in [-0.3, -0.25) is 4.98 Å². The Hall–Kier alpha value is -3.58. The third-order valence-corrected chi connectivity index (χ3v) is 4.54. The molecule has 0 atom stereocenters. The summed E-state index contributed by atoms with van der Waals surface area (Å²) < 4.78 is 0. The summed E-state index contributed by atoms with van der Waals surface area (Å²) in [5.41, 5.74) is 9.71. The fourth-order valence-corrected chi connectivity index (χ4v) is 3.11. The average Bonchev–Trinajstić information content (AvgIpc) is 2.73. The van der Waals surface area contributed by atoms with Crippen LogP contribution in [-0.2, 0) is 13.0 Å². The fourth-order valence-electron chi connectivity index (χ4n) is 3.11. The van der Waals surface area contributed by atoms with E-state index in [1.165, 1.54) is 5.56 Å². The molecule has 0 saturated carbocycles. The van der Waals surface area contributed by atoms with Gasteiger partial charge >= 0.3 is 0 Å². The van der Waals surface area contributed by atoms with Crippen LogP contribution in [0, 0.1) is 0 Å². The van der Waals surface area contributed by atoms with Gasteiger partial charge in [-0.05, 0) is 47.7 Å². The van der Waals surface area contributed by atoms with Crippen LogP contribution in [0.25, 0.3) is 22.0 Å². The molecule has 0 radical (unpaired) electrons. The van der Waals surface area contributed by atoms with Crippen molar-refractivity contribution in [2.75, 3.05) is 11.1 Å². The van der Waals surface area contributed by atoms with Gasteiger partial charge in [0, 0.05) is 29.5 Å². The molecule has 0 saturated heterocycles. The van der Waals surface area contributed by atoms with Crippen LogP contribution in [0.5, 0.6) is 0 Å². The summed E-state index contributed by atoms with van der Waals surface area (Å²) >= 11 is 0. The van der Waals surface area contributed by atoms with Crippen molar-refractivity contribution in [1.29, 1.82) is 0 Å². The number of anilines is 3. The number of aromatic nitrogens is 4. The first-order valence-electron chi connectivity index (χ1n) is 9.01. The highest BCUT2D eigenvalue weighted by Gasteiger charge is 2.10. The van der Waals surface area contributed by atoms with Crippen LogP contribution in [0.4, 0.5) is 17.5 Å². The van der Waals surface area contributed by atoms with E-state index in [9.17, 15) is 5.11 Å². The van der Waals surface area contributed by atoms with Gasteiger partial charge in [-0.25, -0.2) is 15.0 Å². The lowest BCUT2D eigenvalue weighted by Gasteiger charge is -2.11. The Morgan fingerprint density at radius 3 is 2.79 bits per heavy atom. The first-order chi connectivity index (χ1) is 13.7. The minimum Gasteiger partial charge on any atom is -0.390 e. The normalized spacial score (nSPS) is 10.9. The monoisotopic (exact) mass is 372 g/mol. The van der Waals surface area contributed by atoms with Crippen molar-refractivity contribution in [3.8, 4) is 11.3 Å². The predicted octanol–water partition coefficient (Wildman–Crippen LogP) is 3.47. The van der Waals surface area contributed by atoms with E-state index in [0.717, 1.165) is 28.5 Å². The molecule has 4 aromatic rings. The Labute approximate surface area is 162 Å². The zero-order valence-electron chi connectivity index (χ0n) is 15.4. The van der Waals surface area contributed by atoms with Gasteiger partial charge in [0.2, 0.25) is 0 Å². The number of rotatable bonds is 5. The van der Waals surface area contributed by atoms with Crippen molar-refractivity contribution in [1.82, 2.24) is 19.9 Å². The van der Waals surface area contributed by atoms with Gasteiger partial charge < -0.3 is 16.2 Å². The van der Waals surface area contributed by atoms with E-state index in [4.69, 9.17) is 5.73 Å². The van der Waals surface area contributed by atoms with Gasteiger partial charge in [0.15, 0.2) is 0 Å². The van der Waals surface area contributed by atoms with E-state index >= 15 is 0 Å². The number of aryl methyl sites for hydroxylation is 1. The smallest absolute Gasteiger partial charge is 0.133 e. The summed E-state index contributed by atoms with van der Waals surface area (Å²) in [4.78, 5) is 17.5. The van der Waals surface area contributed by atoms with Gasteiger partial charge in [-0.15, -0.1) is 0 Å². The van der Waals surface area contributed by atoms with Crippen molar-refractivity contribution < 1.29 is 5.11 Å². The second kappa shape index (κ2) is 7.58. The number of nitrogen functional groups attached to an aromatic ring is 1. The third-order valence-electron chi connectivity index (χ3n) is 4.54. The van der Waals surface area contributed by atoms with E-state index in [1.54, 1.807) is 18.5 Å². The van der Waals surface area contributed by atoms with Gasteiger partial charge in [0.05, 0.1) is 18.0 Å². The van der Waals surface area contributed by atoms with Crippen LogP contribution in [0.3, 0.4) is 0 Å². The maximum atomic E-state index is 9.25. The third kappa shape index (κ3) is 3.47. The minimum atomic E-state index is -0.114. The van der Waals surface area contributed by atoms with E-state index in [2.05, 4.69) is 32.2 Å². The Morgan fingerprint density at radius 2 is 1.96 bits per heavy atom. The maximum Gasteiger partial charge on any atom is 0.133 e. The number of aliphatic hydroxyl groups excluding tert-OH is 1. The lowest BCUT2D eigenvalue weighted by atomic mass is 10.0. The van der Waals surface area contributed by atoms with Crippen LogP contribution in [0.1, 0.15) is 18.2 Å². The molecule has 0 aliphatic heterocycles. The van der Waals surface area contributed by atoms with E-state index in [1.807, 2.05) is 36.5 Å². The summed E-state index contributed by atoms with van der Waals surface area (Å²) in [6.45, 7) is 1.99. The highest BCUT2D eigenvalue weighted by molar-refractivity contribution is 5.94. The highest BCUT2D eigenvalue weighted by atomic mass is 16.3. The highest BCUT2D eigenvalue weighted by Crippen LogP contribution is 2.29. The number of hydrogen-bond donors (Lipinski definition) is 3. The summed E-state index contributed by atoms with van der Waals surface area (Å²) in [5, 5.41) is 14.1. The standard InChI is InChI=1S/C21H20N6O/c1-2-13-6-7-23-10-16(13)18-8-14-9-20(24-11-17(14)21(22)26-18)27-19-5-3-4-15(12-28)25-19/h3-11,28H,2,12H2,1H3,(H2,22,26)(H,24,25,27). The van der Waals surface area contributed by atoms with Gasteiger partial charge in [0.25, 0.3) is 0 Å². The first-order valence-corrected chi connectivity index (χ1v) is 9.01. The van der Waals surface area contributed by atoms with Crippen molar-refractivity contribution in [3.05, 3.63) is 66.2 Å². The molecular formula is C21H20N6O. The molecule has 0 aromatic carbocycles. The molecule has 4 heterocycles. The van der Waals surface area contributed by atoms with Gasteiger partial charge in [-0.2, -0.15) is 0 Å². The SMILES string of the molecule is CCc1ccncc1-c1cc2cc(Nc3cccc(CO)n3)ncc2c(N)n1. The topological polar surface area (TPSA) is 110 Å². The number of pyridine rings is 4. The van der Waals surface area contributed by atoms with Crippen molar-refractivity contribution in [3.63, 3.8) is 0 Å². The molecule has 0 bridgehead atoms. The average molecular weight is 372 g/mol.